The van der Waals surface area contributed by atoms with Gasteiger partial charge >= 0.3 is 0 Å². The van der Waals surface area contributed by atoms with Crippen LogP contribution >= 0.6 is 0 Å². The van der Waals surface area contributed by atoms with Gasteiger partial charge in [-0.2, -0.15) is 5.26 Å². The summed E-state index contributed by atoms with van der Waals surface area (Å²) in [5.74, 6) is 5.39. The average molecular weight is 260 g/mol. The molecule has 4 rings (SSSR count). The monoisotopic (exact) mass is 260 g/mol. The molecule has 0 amide bonds. The Morgan fingerprint density at radius 1 is 1.05 bits per heavy atom. The van der Waals surface area contributed by atoms with Crippen molar-refractivity contribution in [2.24, 2.45) is 35.5 Å². The summed E-state index contributed by atoms with van der Waals surface area (Å²) in [6.45, 7) is 5.49. The molecule has 0 aromatic heterocycles. The molecule has 0 saturated heterocycles. The van der Waals surface area contributed by atoms with E-state index in [1.165, 1.54) is 32.1 Å². The lowest BCUT2D eigenvalue weighted by molar-refractivity contribution is -0.0498. The molecule has 2 nitrogen and oxygen atoms in total. The highest BCUT2D eigenvalue weighted by Crippen LogP contribution is 2.56. The van der Waals surface area contributed by atoms with Gasteiger partial charge in [-0.25, -0.2) is 0 Å². The van der Waals surface area contributed by atoms with E-state index in [1.807, 2.05) is 0 Å². The lowest BCUT2D eigenvalue weighted by atomic mass is 9.52. The fraction of sp³-hybridized carbons (Fsp3) is 0.941. The fourth-order valence-electron chi connectivity index (χ4n) is 5.54. The molecular weight excluding hydrogens is 232 g/mol. The smallest absolute Gasteiger partial charge is 0.0998 e. The molecule has 0 aromatic rings. The van der Waals surface area contributed by atoms with E-state index >= 15 is 0 Å². The van der Waals surface area contributed by atoms with E-state index in [0.717, 1.165) is 36.1 Å². The molecule has 0 aromatic carbocycles. The predicted octanol–water partition coefficient (Wildman–Crippen LogP) is 3.54. The second-order valence-electron chi connectivity index (χ2n) is 7.85. The maximum atomic E-state index is 9.36. The number of hydrogen-bond acceptors (Lipinski definition) is 2. The van der Waals surface area contributed by atoms with Crippen molar-refractivity contribution >= 4 is 0 Å². The minimum Gasteiger partial charge on any atom is -0.291 e. The van der Waals surface area contributed by atoms with E-state index in [4.69, 9.17) is 0 Å². The quantitative estimate of drug-likeness (QED) is 0.773. The molecule has 106 valence electrons. The van der Waals surface area contributed by atoms with E-state index in [1.54, 1.807) is 0 Å². The summed E-state index contributed by atoms with van der Waals surface area (Å²) < 4.78 is 0. The van der Waals surface area contributed by atoms with Gasteiger partial charge in [-0.3, -0.25) is 4.90 Å². The van der Waals surface area contributed by atoms with E-state index < -0.39 is 0 Å². The molecule has 0 spiro atoms. The molecule has 1 unspecified atom stereocenters. The summed E-state index contributed by atoms with van der Waals surface area (Å²) in [5, 5.41) is 9.36. The first-order valence-electron chi connectivity index (χ1n) is 8.18. The molecule has 4 aliphatic carbocycles. The van der Waals surface area contributed by atoms with Gasteiger partial charge in [-0.15, -0.1) is 0 Å². The SMILES string of the molecule is CC(C)C(C#N)N(C)CC1C2CC3CC(C2)CC1C3. The van der Waals surface area contributed by atoms with Crippen LogP contribution in [0.15, 0.2) is 0 Å². The van der Waals surface area contributed by atoms with Gasteiger partial charge in [-0.1, -0.05) is 13.8 Å². The van der Waals surface area contributed by atoms with Crippen LogP contribution in [-0.4, -0.2) is 24.5 Å². The first-order chi connectivity index (χ1) is 9.08. The van der Waals surface area contributed by atoms with Crippen molar-refractivity contribution < 1.29 is 0 Å². The van der Waals surface area contributed by atoms with Crippen molar-refractivity contribution in [1.82, 2.24) is 4.90 Å². The van der Waals surface area contributed by atoms with Crippen LogP contribution in [0, 0.1) is 46.8 Å². The van der Waals surface area contributed by atoms with E-state index in [2.05, 4.69) is 31.9 Å². The number of nitriles is 1. The van der Waals surface area contributed by atoms with Crippen molar-refractivity contribution in [3.05, 3.63) is 0 Å². The van der Waals surface area contributed by atoms with Crippen LogP contribution < -0.4 is 0 Å². The molecule has 4 bridgehead atoms. The highest BCUT2D eigenvalue weighted by molar-refractivity contribution is 5.00. The zero-order chi connectivity index (χ0) is 13.6. The normalized spacial score (nSPS) is 41.8. The highest BCUT2D eigenvalue weighted by atomic mass is 15.1. The van der Waals surface area contributed by atoms with E-state index in [9.17, 15) is 5.26 Å². The number of rotatable bonds is 4. The first kappa shape index (κ1) is 13.4. The van der Waals surface area contributed by atoms with Gasteiger partial charge in [0.1, 0.15) is 0 Å². The first-order valence-corrected chi connectivity index (χ1v) is 8.18. The minimum absolute atomic E-state index is 0.0946. The topological polar surface area (TPSA) is 27.0 Å². The summed E-state index contributed by atoms with van der Waals surface area (Å²) in [4.78, 5) is 2.34. The van der Waals surface area contributed by atoms with Crippen LogP contribution in [0.1, 0.15) is 46.0 Å². The third-order valence-corrected chi connectivity index (χ3v) is 6.16. The molecule has 4 fully saturated rings. The van der Waals surface area contributed by atoms with E-state index in [-0.39, 0.29) is 6.04 Å². The van der Waals surface area contributed by atoms with Gasteiger partial charge in [0.05, 0.1) is 12.1 Å². The maximum Gasteiger partial charge on any atom is 0.0998 e. The van der Waals surface area contributed by atoms with Crippen LogP contribution in [0.5, 0.6) is 0 Å². The molecule has 2 heteroatoms. The van der Waals surface area contributed by atoms with Crippen molar-refractivity contribution in [3.8, 4) is 6.07 Å². The van der Waals surface area contributed by atoms with Gasteiger partial charge in [-0.05, 0) is 74.7 Å². The highest BCUT2D eigenvalue weighted by Gasteiger charge is 2.48. The lowest BCUT2D eigenvalue weighted by Gasteiger charge is -2.55. The summed E-state index contributed by atoms with van der Waals surface area (Å²) in [5.41, 5.74) is 0. The standard InChI is InChI=1S/C17H28N2/c1-11(2)17(9-18)19(3)10-16-14-5-12-4-13(7-14)8-15(16)6-12/h11-17H,4-8,10H2,1-3H3. The molecule has 1 atom stereocenters. The van der Waals surface area contributed by atoms with Crippen LogP contribution in [0.25, 0.3) is 0 Å². The maximum absolute atomic E-state index is 9.36. The summed E-state index contributed by atoms with van der Waals surface area (Å²) in [7, 11) is 2.17. The van der Waals surface area contributed by atoms with Crippen molar-refractivity contribution in [1.29, 1.82) is 5.26 Å². The third kappa shape index (κ3) is 2.42. The van der Waals surface area contributed by atoms with Gasteiger partial charge in [0.15, 0.2) is 0 Å². The fourth-order valence-corrected chi connectivity index (χ4v) is 5.54. The van der Waals surface area contributed by atoms with Gasteiger partial charge < -0.3 is 0 Å². The second-order valence-corrected chi connectivity index (χ2v) is 7.85. The van der Waals surface area contributed by atoms with Crippen LogP contribution in [0.2, 0.25) is 0 Å². The van der Waals surface area contributed by atoms with Crippen molar-refractivity contribution in [2.75, 3.05) is 13.6 Å². The van der Waals surface area contributed by atoms with E-state index in [0.29, 0.717) is 5.92 Å². The largest absolute Gasteiger partial charge is 0.291 e. The van der Waals surface area contributed by atoms with Crippen molar-refractivity contribution in [2.45, 2.75) is 52.0 Å². The summed E-state index contributed by atoms with van der Waals surface area (Å²) in [6, 6.07) is 2.59. The zero-order valence-corrected chi connectivity index (χ0v) is 12.7. The lowest BCUT2D eigenvalue weighted by Crippen LogP contribution is -2.50. The second kappa shape index (κ2) is 5.09. The number of nitrogens with zero attached hydrogens (tertiary/aromatic N) is 2. The van der Waals surface area contributed by atoms with Crippen molar-refractivity contribution in [3.63, 3.8) is 0 Å². The molecular formula is C17H28N2. The Hall–Kier alpha value is -0.550. The molecule has 19 heavy (non-hydrogen) atoms. The summed E-state index contributed by atoms with van der Waals surface area (Å²) >= 11 is 0. The third-order valence-electron chi connectivity index (χ3n) is 6.16. The summed E-state index contributed by atoms with van der Waals surface area (Å²) in [6.07, 6.45) is 7.49. The van der Waals surface area contributed by atoms with Crippen LogP contribution in [0.3, 0.4) is 0 Å². The average Bonchev–Trinajstić information content (AvgIpc) is 2.33. The number of hydrogen-bond donors (Lipinski definition) is 0. The van der Waals surface area contributed by atoms with Gasteiger partial charge in [0.25, 0.3) is 0 Å². The molecule has 4 aliphatic rings. The molecule has 0 radical (unpaired) electrons. The predicted molar refractivity (Wildman–Crippen MR) is 77.4 cm³/mol. The Morgan fingerprint density at radius 2 is 1.58 bits per heavy atom. The minimum atomic E-state index is 0.0946. The molecule has 0 aliphatic heterocycles. The Morgan fingerprint density at radius 3 is 2.00 bits per heavy atom. The Balaban J connectivity index is 1.65. The van der Waals surface area contributed by atoms with Gasteiger partial charge in [0, 0.05) is 6.54 Å². The van der Waals surface area contributed by atoms with Crippen LogP contribution in [-0.2, 0) is 0 Å². The Labute approximate surface area is 118 Å². The molecule has 0 N–H and O–H groups in total. The molecule has 0 heterocycles. The molecule has 4 saturated carbocycles. The Bertz CT molecular complexity index is 340. The van der Waals surface area contributed by atoms with Crippen LogP contribution in [0.4, 0.5) is 0 Å². The zero-order valence-electron chi connectivity index (χ0n) is 12.7. The Kier molecular flexibility index (Phi) is 3.60. The van der Waals surface area contributed by atoms with Gasteiger partial charge in [0.2, 0.25) is 0 Å².